The smallest absolute Gasteiger partial charge is 0.268 e. The lowest BCUT2D eigenvalue weighted by molar-refractivity contribution is 0.275. The molecule has 0 atom stereocenters. The zero-order valence-electron chi connectivity index (χ0n) is 16.3. The molecule has 0 unspecified atom stereocenters. The molecule has 6 heteroatoms. The highest BCUT2D eigenvalue weighted by Gasteiger charge is 2.22. The van der Waals surface area contributed by atoms with Crippen molar-refractivity contribution in [1.29, 1.82) is 0 Å². The number of benzene rings is 2. The van der Waals surface area contributed by atoms with Crippen LogP contribution < -0.4 is 4.74 Å². The van der Waals surface area contributed by atoms with Gasteiger partial charge in [0.1, 0.15) is 5.75 Å². The third-order valence-corrected chi connectivity index (χ3v) is 5.73. The molecule has 1 aromatic heterocycles. The van der Waals surface area contributed by atoms with Crippen LogP contribution in [0.2, 0.25) is 0 Å². The van der Waals surface area contributed by atoms with E-state index < -0.39 is 23.7 Å². The Bertz CT molecular complexity index is 1100. The Balaban J connectivity index is 2.24. The molecule has 0 spiro atoms. The predicted octanol–water partition coefficient (Wildman–Crippen LogP) is 3.00. The molecule has 0 fully saturated rings. The topological polar surface area (TPSA) is 68.5 Å². The van der Waals surface area contributed by atoms with Gasteiger partial charge in [-0.05, 0) is 43.7 Å². The number of fused-ring (bicyclic) bond motifs is 1. The summed E-state index contributed by atoms with van der Waals surface area (Å²) in [5.74, 6) is 0.00739. The number of hydrogen-bond acceptors (Lipinski definition) is 4. The minimum atomic E-state index is -3.85. The first kappa shape index (κ1) is 13.0. The van der Waals surface area contributed by atoms with Crippen molar-refractivity contribution in [3.8, 4) is 5.75 Å². The van der Waals surface area contributed by atoms with Gasteiger partial charge in [0, 0.05) is 17.1 Å². The number of aryl methyl sites for hydroxylation is 2. The Labute approximate surface area is 145 Å². The maximum absolute atomic E-state index is 13.1. The van der Waals surface area contributed by atoms with Crippen LogP contribution in [0.5, 0.6) is 5.75 Å². The Morgan fingerprint density at radius 1 is 1.21 bits per heavy atom. The van der Waals surface area contributed by atoms with Crippen LogP contribution in [-0.2, 0) is 16.6 Å². The second kappa shape index (κ2) is 5.96. The summed E-state index contributed by atoms with van der Waals surface area (Å²) in [4.78, 5) is 0.137. The first-order valence-electron chi connectivity index (χ1n) is 8.80. The van der Waals surface area contributed by atoms with Gasteiger partial charge in [-0.25, -0.2) is 12.4 Å². The molecule has 0 amide bonds. The fourth-order valence-electron chi connectivity index (χ4n) is 2.81. The molecule has 5 nitrogen and oxygen atoms in total. The average molecular weight is 348 g/mol. The lowest BCUT2D eigenvalue weighted by Crippen LogP contribution is -2.12. The molecule has 0 radical (unpaired) electrons. The molecule has 2 aromatic carbocycles. The van der Waals surface area contributed by atoms with E-state index in [9.17, 15) is 13.5 Å². The van der Waals surface area contributed by atoms with Gasteiger partial charge in [0.15, 0.2) is 0 Å². The summed E-state index contributed by atoms with van der Waals surface area (Å²) in [6.45, 7) is 3.04. The second-order valence-corrected chi connectivity index (χ2v) is 7.44. The van der Waals surface area contributed by atoms with E-state index in [1.165, 1.54) is 30.5 Å². The van der Waals surface area contributed by atoms with E-state index in [4.69, 9.17) is 8.85 Å². The fourth-order valence-corrected chi connectivity index (χ4v) is 4.22. The molecule has 24 heavy (non-hydrogen) atoms. The van der Waals surface area contributed by atoms with E-state index in [1.54, 1.807) is 19.1 Å². The molecule has 1 N–H and O–H groups in total. The van der Waals surface area contributed by atoms with Crippen LogP contribution in [0.15, 0.2) is 47.5 Å². The fraction of sp³-hybridized carbons (Fsp3) is 0.222. The summed E-state index contributed by atoms with van der Waals surface area (Å²) in [5.41, 5.74) is 2.06. The van der Waals surface area contributed by atoms with Crippen LogP contribution in [-0.4, -0.2) is 24.5 Å². The largest absolute Gasteiger partial charge is 0.496 e. The van der Waals surface area contributed by atoms with Crippen LogP contribution in [0.3, 0.4) is 0 Å². The number of aliphatic hydroxyl groups is 1. The molecule has 3 aromatic rings. The molecule has 0 aliphatic heterocycles. The molecule has 1 heterocycles. The van der Waals surface area contributed by atoms with Crippen LogP contribution >= 0.6 is 0 Å². The van der Waals surface area contributed by atoms with Gasteiger partial charge in [-0.2, -0.15) is 0 Å². The zero-order chi connectivity index (χ0) is 20.0. The van der Waals surface area contributed by atoms with E-state index >= 15 is 0 Å². The van der Waals surface area contributed by atoms with E-state index in [0.29, 0.717) is 16.5 Å². The van der Waals surface area contributed by atoms with Gasteiger partial charge >= 0.3 is 0 Å². The summed E-state index contributed by atoms with van der Waals surface area (Å²) in [6, 6.07) is 9.46. The number of ether oxygens (including phenoxy) is 1. The van der Waals surface area contributed by atoms with Crippen LogP contribution in [0.25, 0.3) is 10.9 Å². The maximum Gasteiger partial charge on any atom is 0.268 e. The van der Waals surface area contributed by atoms with Crippen molar-refractivity contribution < 1.29 is 22.4 Å². The summed E-state index contributed by atoms with van der Waals surface area (Å²) >= 11 is 0. The SMILES string of the molecule is [2H]C([2H])([2H])Oc1cc(C)c2c(ccn2S(=O)(=O)c2ccc(C)cc2)c1CO. The van der Waals surface area contributed by atoms with Gasteiger partial charge in [-0.1, -0.05) is 17.7 Å². The Morgan fingerprint density at radius 3 is 2.54 bits per heavy atom. The second-order valence-electron chi connectivity index (χ2n) is 5.62. The Hall–Kier alpha value is -2.31. The van der Waals surface area contributed by atoms with Gasteiger partial charge in [-0.3, -0.25) is 0 Å². The third-order valence-electron chi connectivity index (χ3n) is 4.04. The molecule has 0 bridgehead atoms. The predicted molar refractivity (Wildman–Crippen MR) is 92.9 cm³/mol. The summed E-state index contributed by atoms with van der Waals surface area (Å²) in [6.07, 6.45) is 1.39. The quantitative estimate of drug-likeness (QED) is 0.787. The lowest BCUT2D eigenvalue weighted by Gasteiger charge is -2.13. The molecule has 0 saturated carbocycles. The van der Waals surface area contributed by atoms with Crippen molar-refractivity contribution in [2.75, 3.05) is 7.04 Å². The van der Waals surface area contributed by atoms with Crippen LogP contribution in [0.4, 0.5) is 0 Å². The number of methoxy groups -OCH3 is 1. The van der Waals surface area contributed by atoms with Gasteiger partial charge in [0.25, 0.3) is 10.0 Å². The van der Waals surface area contributed by atoms with E-state index in [0.717, 1.165) is 9.54 Å². The highest BCUT2D eigenvalue weighted by Crippen LogP contribution is 2.33. The lowest BCUT2D eigenvalue weighted by atomic mass is 10.1. The first-order valence-corrected chi connectivity index (χ1v) is 8.74. The number of aromatic nitrogens is 1. The number of hydrogen-bond donors (Lipinski definition) is 1. The normalized spacial score (nSPS) is 14.2. The van der Waals surface area contributed by atoms with Crippen molar-refractivity contribution in [3.63, 3.8) is 0 Å². The maximum atomic E-state index is 13.1. The number of nitrogens with zero attached hydrogens (tertiary/aromatic N) is 1. The number of rotatable bonds is 4. The molecule has 0 saturated heterocycles. The highest BCUT2D eigenvalue weighted by atomic mass is 32.2. The third kappa shape index (κ3) is 2.48. The van der Waals surface area contributed by atoms with E-state index in [1.807, 2.05) is 6.92 Å². The van der Waals surface area contributed by atoms with Gasteiger partial charge in [-0.15, -0.1) is 0 Å². The summed E-state index contributed by atoms with van der Waals surface area (Å²) < 4.78 is 54.1. The number of aliphatic hydroxyl groups excluding tert-OH is 1. The molecule has 126 valence electrons. The standard InChI is InChI=1S/C18H19NO4S/c1-12-4-6-14(7-5-12)24(21,22)19-9-8-15-16(11-20)17(23-3)10-13(2)18(15)19/h4-10,20H,11H2,1-3H3/i3D3. The van der Waals surface area contributed by atoms with Gasteiger partial charge in [0.05, 0.1) is 28.2 Å². The average Bonchev–Trinajstić information content (AvgIpc) is 3.00. The van der Waals surface area contributed by atoms with Crippen LogP contribution in [0, 0.1) is 13.8 Å². The first-order chi connectivity index (χ1) is 12.5. The summed E-state index contributed by atoms with van der Waals surface area (Å²) in [5, 5.41) is 10.2. The molecule has 0 aliphatic rings. The van der Waals surface area contributed by atoms with Gasteiger partial charge in [0.2, 0.25) is 0 Å². The van der Waals surface area contributed by atoms with Crippen molar-refractivity contribution in [3.05, 3.63) is 59.3 Å². The van der Waals surface area contributed by atoms with Crippen molar-refractivity contribution in [1.82, 2.24) is 3.97 Å². The van der Waals surface area contributed by atoms with Crippen molar-refractivity contribution in [2.45, 2.75) is 25.3 Å². The minimum absolute atomic E-state index is 0.00739. The summed E-state index contributed by atoms with van der Waals surface area (Å²) in [7, 11) is -6.53. The van der Waals surface area contributed by atoms with Gasteiger partial charge < -0.3 is 9.84 Å². The molecular formula is C18H19NO4S. The molecule has 3 rings (SSSR count). The van der Waals surface area contributed by atoms with E-state index in [2.05, 4.69) is 0 Å². The zero-order valence-corrected chi connectivity index (χ0v) is 14.1. The minimum Gasteiger partial charge on any atom is -0.496 e. The Kier molecular flexibility index (Phi) is 3.24. The monoisotopic (exact) mass is 348 g/mol. The van der Waals surface area contributed by atoms with Crippen molar-refractivity contribution >= 4 is 20.9 Å². The highest BCUT2D eigenvalue weighted by molar-refractivity contribution is 7.90. The van der Waals surface area contributed by atoms with Crippen LogP contribution in [0.1, 0.15) is 20.8 Å². The molecule has 0 aliphatic carbocycles. The van der Waals surface area contributed by atoms with E-state index in [-0.39, 0.29) is 16.2 Å². The Morgan fingerprint density at radius 2 is 1.92 bits per heavy atom. The van der Waals surface area contributed by atoms with Crippen molar-refractivity contribution in [2.24, 2.45) is 0 Å². The molecular weight excluding hydrogens is 326 g/mol.